The number of carbonyl (C=O) groups excluding carboxylic acids is 1. The SMILES string of the molecule is COc1cccc(CN(C)CC(=O)Nc2c(C#N)c(C)c(C)n2Cc2ccccc2)c1. The Morgan fingerprint density at radius 3 is 2.52 bits per heavy atom. The Bertz CT molecular complexity index is 1100. The topological polar surface area (TPSA) is 70.3 Å². The number of nitriles is 1. The first-order valence-corrected chi connectivity index (χ1v) is 10.2. The van der Waals surface area contributed by atoms with Crippen LogP contribution in [0.2, 0.25) is 0 Å². The summed E-state index contributed by atoms with van der Waals surface area (Å²) in [5, 5.41) is 12.7. The predicted octanol–water partition coefficient (Wildman–Crippen LogP) is 4.10. The van der Waals surface area contributed by atoms with Crippen LogP contribution in [0.15, 0.2) is 54.6 Å². The normalized spacial score (nSPS) is 10.7. The van der Waals surface area contributed by atoms with Gasteiger partial charge in [0.15, 0.2) is 0 Å². The van der Waals surface area contributed by atoms with Gasteiger partial charge in [0.25, 0.3) is 0 Å². The lowest BCUT2D eigenvalue weighted by atomic mass is 10.2. The van der Waals surface area contributed by atoms with Crippen molar-refractivity contribution in [1.82, 2.24) is 9.47 Å². The Labute approximate surface area is 183 Å². The average molecular weight is 417 g/mol. The first kappa shape index (κ1) is 22.1. The minimum atomic E-state index is -0.159. The van der Waals surface area contributed by atoms with Crippen molar-refractivity contribution in [1.29, 1.82) is 5.26 Å². The van der Waals surface area contributed by atoms with Crippen LogP contribution in [0, 0.1) is 25.2 Å². The summed E-state index contributed by atoms with van der Waals surface area (Å²) in [6.45, 7) is 5.30. The van der Waals surface area contributed by atoms with Gasteiger partial charge >= 0.3 is 0 Å². The summed E-state index contributed by atoms with van der Waals surface area (Å²) in [5.41, 5.74) is 4.54. The third-order valence-electron chi connectivity index (χ3n) is 5.38. The molecule has 0 aliphatic carbocycles. The summed E-state index contributed by atoms with van der Waals surface area (Å²) in [5.74, 6) is 1.19. The maximum atomic E-state index is 12.8. The molecule has 1 aromatic heterocycles. The van der Waals surface area contributed by atoms with Crippen LogP contribution < -0.4 is 10.1 Å². The van der Waals surface area contributed by atoms with Gasteiger partial charge < -0.3 is 14.6 Å². The lowest BCUT2D eigenvalue weighted by molar-refractivity contribution is -0.117. The third-order valence-corrected chi connectivity index (χ3v) is 5.38. The van der Waals surface area contributed by atoms with Crippen LogP contribution in [0.5, 0.6) is 5.75 Å². The monoisotopic (exact) mass is 416 g/mol. The molecule has 31 heavy (non-hydrogen) atoms. The number of amides is 1. The molecule has 0 radical (unpaired) electrons. The Morgan fingerprint density at radius 2 is 1.84 bits per heavy atom. The zero-order chi connectivity index (χ0) is 22.4. The fourth-order valence-corrected chi connectivity index (χ4v) is 3.65. The van der Waals surface area contributed by atoms with Crippen molar-refractivity contribution < 1.29 is 9.53 Å². The molecular formula is C25H28N4O2. The van der Waals surface area contributed by atoms with E-state index in [1.54, 1.807) is 7.11 Å². The number of methoxy groups -OCH3 is 1. The zero-order valence-electron chi connectivity index (χ0n) is 18.5. The van der Waals surface area contributed by atoms with Crippen LogP contribution in [0.3, 0.4) is 0 Å². The predicted molar refractivity (Wildman–Crippen MR) is 122 cm³/mol. The van der Waals surface area contributed by atoms with Crippen LogP contribution in [0.25, 0.3) is 0 Å². The van der Waals surface area contributed by atoms with Crippen molar-refractivity contribution in [3.63, 3.8) is 0 Å². The van der Waals surface area contributed by atoms with Gasteiger partial charge in [0.1, 0.15) is 17.6 Å². The molecule has 0 aliphatic heterocycles. The molecule has 160 valence electrons. The molecule has 6 heteroatoms. The summed E-state index contributed by atoms with van der Waals surface area (Å²) in [4.78, 5) is 14.8. The van der Waals surface area contributed by atoms with Gasteiger partial charge in [0.2, 0.25) is 5.91 Å². The Morgan fingerprint density at radius 1 is 1.13 bits per heavy atom. The molecule has 0 atom stereocenters. The van der Waals surface area contributed by atoms with Crippen molar-refractivity contribution in [2.45, 2.75) is 26.9 Å². The second-order valence-corrected chi connectivity index (χ2v) is 7.69. The Balaban J connectivity index is 1.75. The largest absolute Gasteiger partial charge is 0.497 e. The van der Waals surface area contributed by atoms with Crippen molar-refractivity contribution in [2.24, 2.45) is 0 Å². The second kappa shape index (κ2) is 9.96. The van der Waals surface area contributed by atoms with Gasteiger partial charge in [-0.05, 0) is 49.7 Å². The molecule has 0 aliphatic rings. The number of hydrogen-bond acceptors (Lipinski definition) is 4. The van der Waals surface area contributed by atoms with Crippen LogP contribution in [-0.4, -0.2) is 36.1 Å². The van der Waals surface area contributed by atoms with Gasteiger partial charge in [0, 0.05) is 18.8 Å². The fourth-order valence-electron chi connectivity index (χ4n) is 3.65. The van der Waals surface area contributed by atoms with E-state index in [1.165, 1.54) is 0 Å². The molecule has 2 aromatic carbocycles. The van der Waals surface area contributed by atoms with Crippen LogP contribution >= 0.6 is 0 Å². The average Bonchev–Trinajstić information content (AvgIpc) is 2.98. The molecule has 3 aromatic rings. The van der Waals surface area contributed by atoms with E-state index in [4.69, 9.17) is 4.74 Å². The van der Waals surface area contributed by atoms with E-state index < -0.39 is 0 Å². The van der Waals surface area contributed by atoms with Crippen LogP contribution in [-0.2, 0) is 17.9 Å². The molecule has 0 fully saturated rings. The molecule has 0 bridgehead atoms. The fraction of sp³-hybridized carbons (Fsp3) is 0.280. The maximum absolute atomic E-state index is 12.8. The molecular weight excluding hydrogens is 388 g/mol. The van der Waals surface area contributed by atoms with E-state index >= 15 is 0 Å². The molecule has 0 saturated heterocycles. The molecule has 1 amide bonds. The number of aromatic nitrogens is 1. The highest BCUT2D eigenvalue weighted by molar-refractivity contribution is 5.93. The minimum absolute atomic E-state index is 0.159. The Kier molecular flexibility index (Phi) is 7.11. The van der Waals surface area contributed by atoms with E-state index in [-0.39, 0.29) is 12.5 Å². The van der Waals surface area contributed by atoms with Gasteiger partial charge in [-0.15, -0.1) is 0 Å². The van der Waals surface area contributed by atoms with Gasteiger partial charge in [-0.2, -0.15) is 5.26 Å². The maximum Gasteiger partial charge on any atom is 0.239 e. The van der Waals surface area contributed by atoms with Crippen molar-refractivity contribution in [3.8, 4) is 11.8 Å². The number of nitrogens with one attached hydrogen (secondary N) is 1. The zero-order valence-corrected chi connectivity index (χ0v) is 18.5. The van der Waals surface area contributed by atoms with Gasteiger partial charge in [-0.1, -0.05) is 42.5 Å². The molecule has 1 heterocycles. The standard InChI is InChI=1S/C25H28N4O2/c1-18-19(2)29(16-20-9-6-5-7-10-20)25(23(18)14-26)27-24(30)17-28(3)15-21-11-8-12-22(13-21)31-4/h5-13H,15-17H2,1-4H3,(H,27,30). The molecule has 6 nitrogen and oxygen atoms in total. The number of ether oxygens (including phenoxy) is 1. The highest BCUT2D eigenvalue weighted by Gasteiger charge is 2.20. The van der Waals surface area contributed by atoms with Crippen LogP contribution in [0.1, 0.15) is 27.9 Å². The van der Waals surface area contributed by atoms with Gasteiger partial charge in [-0.25, -0.2) is 0 Å². The van der Waals surface area contributed by atoms with Crippen molar-refractivity contribution in [2.75, 3.05) is 26.0 Å². The number of benzene rings is 2. The number of rotatable bonds is 8. The smallest absolute Gasteiger partial charge is 0.239 e. The highest BCUT2D eigenvalue weighted by atomic mass is 16.5. The lowest BCUT2D eigenvalue weighted by Gasteiger charge is -2.18. The third kappa shape index (κ3) is 5.33. The van der Waals surface area contributed by atoms with E-state index in [1.807, 2.05) is 85.0 Å². The number of likely N-dealkylation sites (N-methyl/N-ethyl adjacent to an activating group) is 1. The lowest BCUT2D eigenvalue weighted by Crippen LogP contribution is -2.30. The van der Waals surface area contributed by atoms with E-state index in [9.17, 15) is 10.1 Å². The molecule has 0 saturated carbocycles. The number of anilines is 1. The number of hydrogen-bond donors (Lipinski definition) is 1. The van der Waals surface area contributed by atoms with Crippen molar-refractivity contribution in [3.05, 3.63) is 82.5 Å². The minimum Gasteiger partial charge on any atom is -0.497 e. The van der Waals surface area contributed by atoms with E-state index in [2.05, 4.69) is 11.4 Å². The quantitative estimate of drug-likeness (QED) is 0.600. The summed E-state index contributed by atoms with van der Waals surface area (Å²) < 4.78 is 7.27. The summed E-state index contributed by atoms with van der Waals surface area (Å²) in [6.07, 6.45) is 0. The number of carbonyl (C=O) groups is 1. The highest BCUT2D eigenvalue weighted by Crippen LogP contribution is 2.27. The molecule has 3 rings (SSSR count). The molecule has 0 spiro atoms. The first-order valence-electron chi connectivity index (χ1n) is 10.2. The van der Waals surface area contributed by atoms with Crippen LogP contribution in [0.4, 0.5) is 5.82 Å². The van der Waals surface area contributed by atoms with Gasteiger partial charge in [0.05, 0.1) is 19.2 Å². The number of nitrogens with zero attached hydrogens (tertiary/aromatic N) is 3. The van der Waals surface area contributed by atoms with Gasteiger partial charge in [-0.3, -0.25) is 9.69 Å². The first-order chi connectivity index (χ1) is 14.9. The molecule has 1 N–H and O–H groups in total. The Hall–Kier alpha value is -3.56. The summed E-state index contributed by atoms with van der Waals surface area (Å²) >= 11 is 0. The van der Waals surface area contributed by atoms with Crippen molar-refractivity contribution >= 4 is 11.7 Å². The van der Waals surface area contributed by atoms with E-state index in [0.717, 1.165) is 28.1 Å². The second-order valence-electron chi connectivity index (χ2n) is 7.69. The molecule has 0 unspecified atom stereocenters. The summed E-state index contributed by atoms with van der Waals surface area (Å²) in [7, 11) is 3.53. The van der Waals surface area contributed by atoms with E-state index in [0.29, 0.717) is 24.5 Å². The summed E-state index contributed by atoms with van der Waals surface area (Å²) in [6, 6.07) is 20.1.